The summed E-state index contributed by atoms with van der Waals surface area (Å²) in [5.41, 5.74) is 0.880. The van der Waals surface area contributed by atoms with E-state index in [1.165, 1.54) is 0 Å². The molecule has 4 heteroatoms. The highest BCUT2D eigenvalue weighted by molar-refractivity contribution is 5.79. The van der Waals surface area contributed by atoms with Crippen LogP contribution in [-0.4, -0.2) is 17.6 Å². The van der Waals surface area contributed by atoms with Crippen LogP contribution < -0.4 is 5.32 Å². The van der Waals surface area contributed by atoms with Crippen molar-refractivity contribution < 1.29 is 9.32 Å². The Balaban J connectivity index is 2.15. The second-order valence-electron chi connectivity index (χ2n) is 3.07. The molecule has 12 heavy (non-hydrogen) atoms. The van der Waals surface area contributed by atoms with E-state index >= 15 is 0 Å². The maximum Gasteiger partial charge on any atom is 0.220 e. The van der Waals surface area contributed by atoms with Crippen molar-refractivity contribution in [2.75, 3.05) is 6.54 Å². The van der Waals surface area contributed by atoms with Gasteiger partial charge in [-0.2, -0.15) is 0 Å². The first-order chi connectivity index (χ1) is 5.75. The predicted molar refractivity (Wildman–Crippen MR) is 41.6 cm³/mol. The normalized spacial score (nSPS) is 22.8. The van der Waals surface area contributed by atoms with Crippen molar-refractivity contribution in [2.45, 2.75) is 19.3 Å². The van der Waals surface area contributed by atoms with E-state index in [1.54, 1.807) is 0 Å². The molecule has 0 aromatic carbocycles. The molecule has 0 aliphatic carbocycles. The topological polar surface area (TPSA) is 55.1 Å². The molecule has 1 aliphatic rings. The van der Waals surface area contributed by atoms with Gasteiger partial charge in [0.25, 0.3) is 0 Å². The van der Waals surface area contributed by atoms with Crippen LogP contribution in [0.25, 0.3) is 0 Å². The minimum atomic E-state index is 0.0978. The molecule has 4 nitrogen and oxygen atoms in total. The van der Waals surface area contributed by atoms with E-state index in [-0.39, 0.29) is 11.8 Å². The maximum atomic E-state index is 10.9. The first kappa shape index (κ1) is 7.34. The van der Waals surface area contributed by atoms with Gasteiger partial charge in [0, 0.05) is 24.9 Å². The zero-order chi connectivity index (χ0) is 8.55. The van der Waals surface area contributed by atoms with Gasteiger partial charge in [0.15, 0.2) is 0 Å². The molecule has 1 aromatic rings. The lowest BCUT2D eigenvalue weighted by atomic mass is 10.1. The van der Waals surface area contributed by atoms with Crippen LogP contribution in [0.2, 0.25) is 0 Å². The van der Waals surface area contributed by atoms with E-state index in [0.717, 1.165) is 11.5 Å². The number of nitrogens with one attached hydrogen (secondary N) is 1. The molecule has 1 atom stereocenters. The van der Waals surface area contributed by atoms with Crippen molar-refractivity contribution in [3.63, 3.8) is 0 Å². The molecule has 1 N–H and O–H groups in total. The van der Waals surface area contributed by atoms with Gasteiger partial charge in [-0.1, -0.05) is 5.16 Å². The highest BCUT2D eigenvalue weighted by atomic mass is 16.5. The van der Waals surface area contributed by atoms with Crippen LogP contribution in [0, 0.1) is 6.92 Å². The van der Waals surface area contributed by atoms with Crippen LogP contribution in [0.4, 0.5) is 0 Å². The molecule has 1 aromatic heterocycles. The summed E-state index contributed by atoms with van der Waals surface area (Å²) in [4.78, 5) is 10.9. The van der Waals surface area contributed by atoms with Crippen molar-refractivity contribution in [1.29, 1.82) is 0 Å². The predicted octanol–water partition coefficient (Wildman–Crippen LogP) is 0.587. The number of hydrogen-bond acceptors (Lipinski definition) is 3. The van der Waals surface area contributed by atoms with Crippen molar-refractivity contribution in [3.8, 4) is 0 Å². The van der Waals surface area contributed by atoms with E-state index in [4.69, 9.17) is 4.52 Å². The first-order valence-electron chi connectivity index (χ1n) is 3.95. The Morgan fingerprint density at radius 2 is 2.58 bits per heavy atom. The number of hydrogen-bond donors (Lipinski definition) is 1. The second kappa shape index (κ2) is 2.62. The summed E-state index contributed by atoms with van der Waals surface area (Å²) >= 11 is 0. The van der Waals surface area contributed by atoms with Gasteiger partial charge in [-0.3, -0.25) is 4.79 Å². The molecule has 1 unspecified atom stereocenters. The zero-order valence-corrected chi connectivity index (χ0v) is 6.83. The lowest BCUT2D eigenvalue weighted by Gasteiger charge is -1.98. The highest BCUT2D eigenvalue weighted by Crippen LogP contribution is 2.21. The molecule has 2 rings (SSSR count). The minimum absolute atomic E-state index is 0.0978. The third-order valence-corrected chi connectivity index (χ3v) is 2.04. The van der Waals surface area contributed by atoms with Gasteiger partial charge in [0.2, 0.25) is 5.91 Å². The number of aryl methyl sites for hydroxylation is 1. The number of carbonyl (C=O) groups excluding carboxylic acids is 1. The average Bonchev–Trinajstić information content (AvgIpc) is 2.58. The summed E-state index contributed by atoms with van der Waals surface area (Å²) in [5.74, 6) is 1.10. The Bertz CT molecular complexity index is 306. The summed E-state index contributed by atoms with van der Waals surface area (Å²) in [6.07, 6.45) is 0.534. The fourth-order valence-electron chi connectivity index (χ4n) is 1.39. The van der Waals surface area contributed by atoms with Gasteiger partial charge in [-0.25, -0.2) is 0 Å². The minimum Gasteiger partial charge on any atom is -0.361 e. The van der Waals surface area contributed by atoms with E-state index in [9.17, 15) is 4.79 Å². The summed E-state index contributed by atoms with van der Waals surface area (Å²) in [7, 11) is 0. The lowest BCUT2D eigenvalue weighted by Crippen LogP contribution is -2.13. The van der Waals surface area contributed by atoms with Crippen LogP contribution in [0.1, 0.15) is 23.8 Å². The van der Waals surface area contributed by atoms with E-state index in [2.05, 4.69) is 10.5 Å². The Labute approximate surface area is 69.9 Å². The summed E-state index contributed by atoms with van der Waals surface area (Å²) in [6.45, 7) is 2.53. The smallest absolute Gasteiger partial charge is 0.220 e. The first-order valence-corrected chi connectivity index (χ1v) is 3.95. The number of carbonyl (C=O) groups is 1. The Hall–Kier alpha value is -1.32. The van der Waals surface area contributed by atoms with Gasteiger partial charge in [0.1, 0.15) is 5.76 Å². The quantitative estimate of drug-likeness (QED) is 0.664. The number of amides is 1. The van der Waals surface area contributed by atoms with Gasteiger partial charge in [0.05, 0.1) is 5.69 Å². The molecule has 1 aliphatic heterocycles. The van der Waals surface area contributed by atoms with Crippen LogP contribution in [0.15, 0.2) is 10.6 Å². The molecule has 64 valence electrons. The van der Waals surface area contributed by atoms with Crippen molar-refractivity contribution >= 4 is 5.91 Å². The second-order valence-corrected chi connectivity index (χ2v) is 3.07. The zero-order valence-electron chi connectivity index (χ0n) is 6.83. The molecule has 2 heterocycles. The molecule has 1 amide bonds. The average molecular weight is 166 g/mol. The fraction of sp³-hybridized carbons (Fsp3) is 0.500. The molecule has 1 fully saturated rings. The van der Waals surface area contributed by atoms with Crippen LogP contribution >= 0.6 is 0 Å². The summed E-state index contributed by atoms with van der Waals surface area (Å²) < 4.78 is 4.92. The number of nitrogens with zero attached hydrogens (tertiary/aromatic N) is 1. The Kier molecular flexibility index (Phi) is 1.60. The molecule has 1 saturated heterocycles. The van der Waals surface area contributed by atoms with Crippen LogP contribution in [0.3, 0.4) is 0 Å². The standard InChI is InChI=1S/C8H10N2O2/c1-5-2-7(10-12-5)6-3-8(11)9-4-6/h2,6H,3-4H2,1H3,(H,9,11). The maximum absolute atomic E-state index is 10.9. The van der Waals surface area contributed by atoms with Gasteiger partial charge in [-0.05, 0) is 6.92 Å². The lowest BCUT2D eigenvalue weighted by molar-refractivity contribution is -0.119. The fourth-order valence-corrected chi connectivity index (χ4v) is 1.39. The number of aromatic nitrogens is 1. The summed E-state index contributed by atoms with van der Waals surface area (Å²) in [5, 5.41) is 6.62. The largest absolute Gasteiger partial charge is 0.361 e. The third kappa shape index (κ3) is 1.20. The monoisotopic (exact) mass is 166 g/mol. The molecule has 0 radical (unpaired) electrons. The molecule has 0 bridgehead atoms. The third-order valence-electron chi connectivity index (χ3n) is 2.04. The molecule has 0 spiro atoms. The van der Waals surface area contributed by atoms with Crippen molar-refractivity contribution in [2.24, 2.45) is 0 Å². The Morgan fingerprint density at radius 1 is 1.75 bits per heavy atom. The molecule has 0 saturated carbocycles. The highest BCUT2D eigenvalue weighted by Gasteiger charge is 2.25. The van der Waals surface area contributed by atoms with Crippen molar-refractivity contribution in [1.82, 2.24) is 10.5 Å². The van der Waals surface area contributed by atoms with Gasteiger partial charge in [-0.15, -0.1) is 0 Å². The SMILES string of the molecule is Cc1cc(C2CNC(=O)C2)no1. The van der Waals surface area contributed by atoms with E-state index in [1.807, 2.05) is 13.0 Å². The van der Waals surface area contributed by atoms with Crippen molar-refractivity contribution in [3.05, 3.63) is 17.5 Å². The van der Waals surface area contributed by atoms with E-state index in [0.29, 0.717) is 13.0 Å². The summed E-state index contributed by atoms with van der Waals surface area (Å²) in [6, 6.07) is 1.88. The van der Waals surface area contributed by atoms with E-state index < -0.39 is 0 Å². The molecular formula is C8H10N2O2. The van der Waals surface area contributed by atoms with Gasteiger partial charge >= 0.3 is 0 Å². The van der Waals surface area contributed by atoms with Crippen LogP contribution in [-0.2, 0) is 4.79 Å². The van der Waals surface area contributed by atoms with Gasteiger partial charge < -0.3 is 9.84 Å². The molecular weight excluding hydrogens is 156 g/mol. The Morgan fingerprint density at radius 3 is 3.08 bits per heavy atom. The number of rotatable bonds is 1. The van der Waals surface area contributed by atoms with Crippen LogP contribution in [0.5, 0.6) is 0 Å².